The topological polar surface area (TPSA) is 37.3 Å². The van der Waals surface area contributed by atoms with Gasteiger partial charge in [-0.05, 0) is 68.4 Å². The summed E-state index contributed by atoms with van der Waals surface area (Å²) in [5, 5.41) is 9.21. The Kier molecular flexibility index (Phi) is 4.46. The molecule has 1 fully saturated rings. The molecule has 0 heterocycles. The van der Waals surface area contributed by atoms with Crippen molar-refractivity contribution in [3.8, 4) is 0 Å². The number of rotatable bonds is 4. The van der Waals surface area contributed by atoms with E-state index in [-0.39, 0.29) is 0 Å². The van der Waals surface area contributed by atoms with Gasteiger partial charge in [0.15, 0.2) is 0 Å². The highest BCUT2D eigenvalue weighted by molar-refractivity contribution is 5.74. The Morgan fingerprint density at radius 3 is 2.19 bits per heavy atom. The minimum Gasteiger partial charge on any atom is -0.481 e. The lowest BCUT2D eigenvalue weighted by molar-refractivity contribution is -0.146. The van der Waals surface area contributed by atoms with Crippen molar-refractivity contribution < 1.29 is 9.90 Å². The molecule has 21 heavy (non-hydrogen) atoms. The average Bonchev–Trinajstić information content (AvgIpc) is 2.39. The van der Waals surface area contributed by atoms with Gasteiger partial charge in [-0.15, -0.1) is 0 Å². The van der Waals surface area contributed by atoms with E-state index in [2.05, 4.69) is 38.1 Å². The molecule has 1 N–H and O–H groups in total. The molecule has 1 aliphatic carbocycles. The van der Waals surface area contributed by atoms with Gasteiger partial charge in [-0.25, -0.2) is 0 Å². The van der Waals surface area contributed by atoms with E-state index < -0.39 is 11.4 Å². The molecule has 0 unspecified atom stereocenters. The number of carboxylic acid groups (broad SMARTS) is 1. The lowest BCUT2D eigenvalue weighted by Gasteiger charge is -2.34. The SMILES string of the molecule is CC1(C)CCC(c2ccc(CC(C)(C)C(=O)O)cc2)CC1. The number of benzene rings is 1. The molecule has 0 atom stereocenters. The first-order chi connectivity index (χ1) is 9.70. The quantitative estimate of drug-likeness (QED) is 0.844. The van der Waals surface area contributed by atoms with Crippen LogP contribution in [-0.4, -0.2) is 11.1 Å². The lowest BCUT2D eigenvalue weighted by atomic mass is 9.71. The molecule has 1 aliphatic rings. The summed E-state index contributed by atoms with van der Waals surface area (Å²) in [6.07, 6.45) is 5.72. The molecule has 116 valence electrons. The number of hydrogen-bond donors (Lipinski definition) is 1. The highest BCUT2D eigenvalue weighted by Crippen LogP contribution is 2.42. The second kappa shape index (κ2) is 5.82. The van der Waals surface area contributed by atoms with Crippen molar-refractivity contribution in [2.75, 3.05) is 0 Å². The van der Waals surface area contributed by atoms with Gasteiger partial charge in [0, 0.05) is 0 Å². The van der Waals surface area contributed by atoms with Crippen molar-refractivity contribution in [1.29, 1.82) is 0 Å². The normalized spacial score (nSPS) is 19.4. The molecule has 0 aromatic heterocycles. The van der Waals surface area contributed by atoms with Gasteiger partial charge < -0.3 is 5.11 Å². The zero-order chi connectivity index (χ0) is 15.7. The summed E-state index contributed by atoms with van der Waals surface area (Å²) < 4.78 is 0. The van der Waals surface area contributed by atoms with Gasteiger partial charge >= 0.3 is 5.97 Å². The van der Waals surface area contributed by atoms with Crippen LogP contribution < -0.4 is 0 Å². The van der Waals surface area contributed by atoms with Crippen molar-refractivity contribution in [2.45, 2.75) is 65.7 Å². The molecule has 0 aliphatic heterocycles. The zero-order valence-corrected chi connectivity index (χ0v) is 13.8. The summed E-state index contributed by atoms with van der Waals surface area (Å²) in [5.74, 6) is -0.0550. The fourth-order valence-electron chi connectivity index (χ4n) is 3.23. The predicted molar refractivity (Wildman–Crippen MR) is 86.6 cm³/mol. The molecule has 2 heteroatoms. The first kappa shape index (κ1) is 16.1. The summed E-state index contributed by atoms with van der Waals surface area (Å²) in [4.78, 5) is 11.2. The molecule has 2 rings (SSSR count). The molecule has 1 saturated carbocycles. The molecular weight excluding hydrogens is 260 g/mol. The van der Waals surface area contributed by atoms with Crippen LogP contribution in [0.2, 0.25) is 0 Å². The Balaban J connectivity index is 2.01. The van der Waals surface area contributed by atoms with E-state index in [0.717, 1.165) is 5.56 Å². The third-order valence-electron chi connectivity index (χ3n) is 5.02. The molecule has 0 bridgehead atoms. The number of carbonyl (C=O) groups is 1. The highest BCUT2D eigenvalue weighted by atomic mass is 16.4. The lowest BCUT2D eigenvalue weighted by Crippen LogP contribution is -2.26. The van der Waals surface area contributed by atoms with Crippen LogP contribution in [0.25, 0.3) is 0 Å². The maximum Gasteiger partial charge on any atom is 0.309 e. The molecule has 1 aromatic carbocycles. The van der Waals surface area contributed by atoms with E-state index in [1.165, 1.54) is 31.2 Å². The van der Waals surface area contributed by atoms with Crippen molar-refractivity contribution >= 4 is 5.97 Å². The number of hydrogen-bond acceptors (Lipinski definition) is 1. The van der Waals surface area contributed by atoms with Crippen molar-refractivity contribution in [3.63, 3.8) is 0 Å². The Hall–Kier alpha value is -1.31. The fraction of sp³-hybridized carbons (Fsp3) is 0.632. The summed E-state index contributed by atoms with van der Waals surface area (Å²) in [7, 11) is 0. The average molecular weight is 288 g/mol. The zero-order valence-electron chi connectivity index (χ0n) is 13.8. The second-order valence-corrected chi connectivity index (χ2v) is 8.05. The maximum atomic E-state index is 11.2. The molecule has 0 radical (unpaired) electrons. The summed E-state index contributed by atoms with van der Waals surface area (Å²) in [5.41, 5.74) is 2.34. The van der Waals surface area contributed by atoms with Crippen LogP contribution in [0, 0.1) is 10.8 Å². The van der Waals surface area contributed by atoms with E-state index in [4.69, 9.17) is 0 Å². The van der Waals surface area contributed by atoms with Crippen LogP contribution in [0.15, 0.2) is 24.3 Å². The maximum absolute atomic E-state index is 11.2. The van der Waals surface area contributed by atoms with Gasteiger partial charge in [-0.2, -0.15) is 0 Å². The third-order valence-corrected chi connectivity index (χ3v) is 5.02. The minimum absolute atomic E-state index is 0.502. The largest absolute Gasteiger partial charge is 0.481 e. The van der Waals surface area contributed by atoms with Gasteiger partial charge in [0.2, 0.25) is 0 Å². The smallest absolute Gasteiger partial charge is 0.309 e. The third kappa shape index (κ3) is 4.09. The molecule has 1 aromatic rings. The first-order valence-electron chi connectivity index (χ1n) is 8.02. The van der Waals surface area contributed by atoms with E-state index in [9.17, 15) is 9.90 Å². The molecule has 0 spiro atoms. The Morgan fingerprint density at radius 1 is 1.19 bits per heavy atom. The van der Waals surface area contributed by atoms with Gasteiger partial charge in [0.05, 0.1) is 5.41 Å². The van der Waals surface area contributed by atoms with Gasteiger partial charge in [-0.1, -0.05) is 38.1 Å². The number of carboxylic acids is 1. The van der Waals surface area contributed by atoms with E-state index in [1.807, 2.05) is 0 Å². The standard InChI is InChI=1S/C19H28O2/c1-18(2)11-9-16(10-12-18)15-7-5-14(6-8-15)13-19(3,4)17(20)21/h5-8,16H,9-13H2,1-4H3,(H,20,21). The van der Waals surface area contributed by atoms with E-state index >= 15 is 0 Å². The Labute approximate surface area is 128 Å². The second-order valence-electron chi connectivity index (χ2n) is 8.05. The fourth-order valence-corrected chi connectivity index (χ4v) is 3.23. The van der Waals surface area contributed by atoms with Crippen LogP contribution in [-0.2, 0) is 11.2 Å². The van der Waals surface area contributed by atoms with Crippen molar-refractivity contribution in [2.24, 2.45) is 10.8 Å². The van der Waals surface area contributed by atoms with Gasteiger partial charge in [-0.3, -0.25) is 4.79 Å². The highest BCUT2D eigenvalue weighted by Gasteiger charge is 2.29. The number of aliphatic carboxylic acids is 1. The summed E-state index contributed by atoms with van der Waals surface area (Å²) in [6.45, 7) is 8.29. The van der Waals surface area contributed by atoms with Crippen LogP contribution in [0.1, 0.15) is 70.4 Å². The first-order valence-corrected chi connectivity index (χ1v) is 8.02. The monoisotopic (exact) mass is 288 g/mol. The molecular formula is C19H28O2. The van der Waals surface area contributed by atoms with Crippen LogP contribution in [0.5, 0.6) is 0 Å². The summed E-state index contributed by atoms with van der Waals surface area (Å²) >= 11 is 0. The Bertz CT molecular complexity index is 487. The van der Waals surface area contributed by atoms with Crippen LogP contribution in [0.3, 0.4) is 0 Å². The van der Waals surface area contributed by atoms with Crippen molar-refractivity contribution in [1.82, 2.24) is 0 Å². The van der Waals surface area contributed by atoms with Crippen LogP contribution >= 0.6 is 0 Å². The molecule has 0 amide bonds. The molecule has 0 saturated heterocycles. The summed E-state index contributed by atoms with van der Waals surface area (Å²) in [6, 6.07) is 8.63. The van der Waals surface area contributed by atoms with Gasteiger partial charge in [0.25, 0.3) is 0 Å². The van der Waals surface area contributed by atoms with E-state index in [1.54, 1.807) is 13.8 Å². The van der Waals surface area contributed by atoms with E-state index in [0.29, 0.717) is 17.8 Å². The molecule has 2 nitrogen and oxygen atoms in total. The minimum atomic E-state index is -0.735. The van der Waals surface area contributed by atoms with Crippen molar-refractivity contribution in [3.05, 3.63) is 35.4 Å². The van der Waals surface area contributed by atoms with Gasteiger partial charge in [0.1, 0.15) is 0 Å². The van der Waals surface area contributed by atoms with Crippen LogP contribution in [0.4, 0.5) is 0 Å². The Morgan fingerprint density at radius 2 is 1.71 bits per heavy atom. The predicted octanol–water partition coefficient (Wildman–Crippen LogP) is 5.02.